The highest BCUT2D eigenvalue weighted by Crippen LogP contribution is 2.34. The largest absolute Gasteiger partial charge is 0.383 e. The van der Waals surface area contributed by atoms with Crippen LogP contribution in [0.2, 0.25) is 0 Å². The minimum Gasteiger partial charge on any atom is -0.383 e. The SMILES string of the molecule is Cc1ccc(C(O)c2ccc(F)c(F)c2Br)s1. The Balaban J connectivity index is 2.44. The van der Waals surface area contributed by atoms with Crippen LogP contribution in [0.15, 0.2) is 28.7 Å². The number of halogens is 3. The third-order valence-electron chi connectivity index (χ3n) is 2.39. The van der Waals surface area contributed by atoms with Crippen LogP contribution in [-0.2, 0) is 0 Å². The fourth-order valence-corrected chi connectivity index (χ4v) is 2.93. The molecule has 1 heterocycles. The Morgan fingerprint density at radius 2 is 1.94 bits per heavy atom. The summed E-state index contributed by atoms with van der Waals surface area (Å²) in [6, 6.07) is 6.04. The summed E-state index contributed by atoms with van der Waals surface area (Å²) in [7, 11) is 0. The lowest BCUT2D eigenvalue weighted by atomic mass is 10.1. The molecule has 17 heavy (non-hydrogen) atoms. The number of aryl methyl sites for hydroxylation is 1. The highest BCUT2D eigenvalue weighted by molar-refractivity contribution is 9.10. The first-order chi connectivity index (χ1) is 8.00. The van der Waals surface area contributed by atoms with E-state index in [0.717, 1.165) is 10.9 Å². The molecule has 0 bridgehead atoms. The monoisotopic (exact) mass is 318 g/mol. The van der Waals surface area contributed by atoms with Crippen LogP contribution in [0.4, 0.5) is 8.78 Å². The van der Waals surface area contributed by atoms with Crippen LogP contribution < -0.4 is 0 Å². The van der Waals surface area contributed by atoms with Crippen molar-refractivity contribution in [2.24, 2.45) is 0 Å². The minimum absolute atomic E-state index is 0.0314. The molecule has 0 saturated heterocycles. The molecule has 1 aromatic carbocycles. The van der Waals surface area contributed by atoms with Crippen molar-refractivity contribution in [3.8, 4) is 0 Å². The van der Waals surface area contributed by atoms with Crippen molar-refractivity contribution in [2.45, 2.75) is 13.0 Å². The van der Waals surface area contributed by atoms with E-state index in [1.54, 1.807) is 6.07 Å². The molecule has 1 aromatic heterocycles. The molecular weight excluding hydrogens is 310 g/mol. The Hall–Kier alpha value is -0.780. The predicted octanol–water partition coefficient (Wildman–Crippen LogP) is 4.18. The Morgan fingerprint density at radius 3 is 2.53 bits per heavy atom. The fourth-order valence-electron chi connectivity index (χ4n) is 1.51. The van der Waals surface area contributed by atoms with Crippen molar-refractivity contribution in [3.05, 3.63) is 55.7 Å². The second-order valence-corrected chi connectivity index (χ2v) is 5.73. The first-order valence-corrected chi connectivity index (χ1v) is 6.49. The first-order valence-electron chi connectivity index (χ1n) is 4.88. The molecule has 1 N–H and O–H groups in total. The molecule has 0 spiro atoms. The average Bonchev–Trinajstić information content (AvgIpc) is 2.72. The van der Waals surface area contributed by atoms with Crippen molar-refractivity contribution >= 4 is 27.3 Å². The van der Waals surface area contributed by atoms with Gasteiger partial charge in [0.05, 0.1) is 4.47 Å². The summed E-state index contributed by atoms with van der Waals surface area (Å²) in [5, 5.41) is 10.1. The molecule has 1 atom stereocenters. The van der Waals surface area contributed by atoms with E-state index in [1.165, 1.54) is 17.4 Å². The lowest BCUT2D eigenvalue weighted by Crippen LogP contribution is -2.01. The Bertz CT molecular complexity index is 553. The van der Waals surface area contributed by atoms with Gasteiger partial charge in [0, 0.05) is 15.3 Å². The topological polar surface area (TPSA) is 20.2 Å². The quantitative estimate of drug-likeness (QED) is 0.824. The summed E-state index contributed by atoms with van der Waals surface area (Å²) in [5.41, 5.74) is 0.325. The third kappa shape index (κ3) is 2.41. The fraction of sp³-hybridized carbons (Fsp3) is 0.167. The molecule has 0 amide bonds. The molecule has 0 aliphatic heterocycles. The lowest BCUT2D eigenvalue weighted by molar-refractivity contribution is 0.222. The molecule has 0 aliphatic rings. The molecule has 0 fully saturated rings. The molecule has 0 radical (unpaired) electrons. The zero-order valence-corrected chi connectivity index (χ0v) is 11.3. The van der Waals surface area contributed by atoms with Gasteiger partial charge in [0.15, 0.2) is 11.6 Å². The number of thiophene rings is 1. The highest BCUT2D eigenvalue weighted by atomic mass is 79.9. The van der Waals surface area contributed by atoms with Crippen LogP contribution in [0.1, 0.15) is 21.4 Å². The zero-order chi connectivity index (χ0) is 12.6. The van der Waals surface area contributed by atoms with Crippen LogP contribution in [0.3, 0.4) is 0 Å². The van der Waals surface area contributed by atoms with Gasteiger partial charge in [-0.2, -0.15) is 0 Å². The van der Waals surface area contributed by atoms with E-state index in [0.29, 0.717) is 10.4 Å². The summed E-state index contributed by atoms with van der Waals surface area (Å²) in [6.07, 6.45) is -0.946. The number of aliphatic hydroxyl groups is 1. The van der Waals surface area contributed by atoms with Gasteiger partial charge in [0.2, 0.25) is 0 Å². The lowest BCUT2D eigenvalue weighted by Gasteiger charge is -2.11. The molecule has 0 saturated carbocycles. The highest BCUT2D eigenvalue weighted by Gasteiger charge is 2.19. The van der Waals surface area contributed by atoms with E-state index in [-0.39, 0.29) is 4.47 Å². The summed E-state index contributed by atoms with van der Waals surface area (Å²) < 4.78 is 26.3. The van der Waals surface area contributed by atoms with E-state index in [1.807, 2.05) is 13.0 Å². The Morgan fingerprint density at radius 1 is 1.24 bits per heavy atom. The molecule has 1 nitrogen and oxygen atoms in total. The van der Waals surface area contributed by atoms with Gasteiger partial charge in [-0.1, -0.05) is 6.07 Å². The van der Waals surface area contributed by atoms with Crippen LogP contribution in [-0.4, -0.2) is 5.11 Å². The van der Waals surface area contributed by atoms with E-state index in [4.69, 9.17) is 0 Å². The number of benzene rings is 1. The van der Waals surface area contributed by atoms with Gasteiger partial charge in [-0.25, -0.2) is 8.78 Å². The smallest absolute Gasteiger partial charge is 0.173 e. The van der Waals surface area contributed by atoms with Crippen molar-refractivity contribution in [1.82, 2.24) is 0 Å². The zero-order valence-electron chi connectivity index (χ0n) is 8.88. The number of rotatable bonds is 2. The predicted molar refractivity (Wildman–Crippen MR) is 67.2 cm³/mol. The second kappa shape index (κ2) is 4.84. The van der Waals surface area contributed by atoms with E-state index < -0.39 is 17.7 Å². The molecule has 2 rings (SSSR count). The summed E-state index contributed by atoms with van der Waals surface area (Å²) in [4.78, 5) is 1.76. The van der Waals surface area contributed by atoms with Gasteiger partial charge in [0.25, 0.3) is 0 Å². The summed E-state index contributed by atoms with van der Waals surface area (Å²) >= 11 is 4.39. The number of aliphatic hydroxyl groups excluding tert-OH is 1. The summed E-state index contributed by atoms with van der Waals surface area (Å²) in [5.74, 6) is -1.91. The maximum atomic E-state index is 13.3. The molecule has 2 aromatic rings. The van der Waals surface area contributed by atoms with Crippen molar-refractivity contribution in [3.63, 3.8) is 0 Å². The van der Waals surface area contributed by atoms with E-state index in [2.05, 4.69) is 15.9 Å². The Kier molecular flexibility index (Phi) is 3.61. The molecule has 5 heteroatoms. The minimum atomic E-state index is -0.977. The van der Waals surface area contributed by atoms with Gasteiger partial charge in [-0.3, -0.25) is 0 Å². The van der Waals surface area contributed by atoms with Gasteiger partial charge < -0.3 is 5.11 Å². The van der Waals surface area contributed by atoms with Gasteiger partial charge in [-0.05, 0) is 41.1 Å². The van der Waals surface area contributed by atoms with Crippen LogP contribution in [0.5, 0.6) is 0 Å². The molecule has 0 aliphatic carbocycles. The van der Waals surface area contributed by atoms with Gasteiger partial charge >= 0.3 is 0 Å². The summed E-state index contributed by atoms with van der Waals surface area (Å²) in [6.45, 7) is 1.92. The molecule has 1 unspecified atom stereocenters. The van der Waals surface area contributed by atoms with E-state index in [9.17, 15) is 13.9 Å². The maximum Gasteiger partial charge on any atom is 0.173 e. The van der Waals surface area contributed by atoms with Crippen LogP contribution in [0, 0.1) is 18.6 Å². The first kappa shape index (κ1) is 12.7. The Labute approximate surface area is 110 Å². The average molecular weight is 319 g/mol. The number of hydrogen-bond donors (Lipinski definition) is 1. The van der Waals surface area contributed by atoms with Crippen LogP contribution in [0.25, 0.3) is 0 Å². The van der Waals surface area contributed by atoms with Crippen molar-refractivity contribution in [1.29, 1.82) is 0 Å². The third-order valence-corrected chi connectivity index (χ3v) is 4.25. The second-order valence-electron chi connectivity index (χ2n) is 3.62. The standard InChI is InChI=1S/C12H9BrF2OS/c1-6-2-5-9(17-6)12(16)7-3-4-8(14)11(15)10(7)13/h2-5,12,16H,1H3. The molecular formula is C12H9BrF2OS. The van der Waals surface area contributed by atoms with Crippen molar-refractivity contribution < 1.29 is 13.9 Å². The van der Waals surface area contributed by atoms with Gasteiger partial charge in [-0.15, -0.1) is 11.3 Å². The maximum absolute atomic E-state index is 13.3. The van der Waals surface area contributed by atoms with Crippen LogP contribution >= 0.6 is 27.3 Å². The van der Waals surface area contributed by atoms with E-state index >= 15 is 0 Å². The van der Waals surface area contributed by atoms with Crippen molar-refractivity contribution in [2.75, 3.05) is 0 Å². The molecule has 90 valence electrons. The number of hydrogen-bond acceptors (Lipinski definition) is 2. The van der Waals surface area contributed by atoms with Gasteiger partial charge in [0.1, 0.15) is 6.10 Å². The normalized spacial score (nSPS) is 12.8.